The molecule has 0 N–H and O–H groups in total. The maximum absolute atomic E-state index is 12.8. The standard InChI is InChI=1S/C15H16ClN3O2/c16-12-6-4-5-11(9-12)15(20)19-8-3-1-2-7-13(19)14-17-10-21-18-14/h4-6,9-10,13H,1-3,7-8H2. The number of amides is 1. The van der Waals surface area contributed by atoms with Crippen LogP contribution in [-0.2, 0) is 0 Å². The van der Waals surface area contributed by atoms with Gasteiger partial charge in [-0.15, -0.1) is 0 Å². The smallest absolute Gasteiger partial charge is 0.254 e. The molecule has 0 spiro atoms. The molecule has 1 aliphatic heterocycles. The van der Waals surface area contributed by atoms with Gasteiger partial charge in [-0.05, 0) is 31.0 Å². The molecule has 6 heteroatoms. The van der Waals surface area contributed by atoms with Gasteiger partial charge in [-0.25, -0.2) is 0 Å². The molecule has 110 valence electrons. The molecule has 1 aliphatic rings. The lowest BCUT2D eigenvalue weighted by molar-refractivity contribution is 0.0670. The number of halogens is 1. The number of hydrogen-bond donors (Lipinski definition) is 0. The molecule has 0 radical (unpaired) electrons. The number of hydrogen-bond acceptors (Lipinski definition) is 4. The Labute approximate surface area is 127 Å². The van der Waals surface area contributed by atoms with Gasteiger partial charge >= 0.3 is 0 Å². The topological polar surface area (TPSA) is 59.2 Å². The SMILES string of the molecule is O=C(c1cccc(Cl)c1)N1CCCCCC1c1ncon1. The molecule has 5 nitrogen and oxygen atoms in total. The van der Waals surface area contributed by atoms with Crippen molar-refractivity contribution in [1.29, 1.82) is 0 Å². The van der Waals surface area contributed by atoms with E-state index in [1.165, 1.54) is 6.39 Å². The molecule has 2 aromatic rings. The Hall–Kier alpha value is -1.88. The molecule has 0 aliphatic carbocycles. The van der Waals surface area contributed by atoms with Crippen molar-refractivity contribution in [3.8, 4) is 0 Å². The molecular formula is C15H16ClN3O2. The van der Waals surface area contributed by atoms with Crippen molar-refractivity contribution in [3.63, 3.8) is 0 Å². The van der Waals surface area contributed by atoms with Gasteiger partial charge in [0.1, 0.15) is 0 Å². The summed E-state index contributed by atoms with van der Waals surface area (Å²) in [6, 6.07) is 6.90. The van der Waals surface area contributed by atoms with Gasteiger partial charge in [-0.3, -0.25) is 4.79 Å². The zero-order valence-corrected chi connectivity index (χ0v) is 12.3. The molecule has 0 saturated carbocycles. The van der Waals surface area contributed by atoms with E-state index in [4.69, 9.17) is 16.1 Å². The first-order valence-electron chi connectivity index (χ1n) is 7.08. The summed E-state index contributed by atoms with van der Waals surface area (Å²) in [6.45, 7) is 0.699. The van der Waals surface area contributed by atoms with Crippen LogP contribution in [0.3, 0.4) is 0 Å². The van der Waals surface area contributed by atoms with Crippen LogP contribution in [0.25, 0.3) is 0 Å². The minimum atomic E-state index is -0.127. The van der Waals surface area contributed by atoms with E-state index in [1.54, 1.807) is 24.3 Å². The quantitative estimate of drug-likeness (QED) is 0.852. The fourth-order valence-corrected chi connectivity index (χ4v) is 2.92. The van der Waals surface area contributed by atoms with Crippen LogP contribution in [0.1, 0.15) is 47.9 Å². The van der Waals surface area contributed by atoms with Crippen LogP contribution in [0, 0.1) is 0 Å². The van der Waals surface area contributed by atoms with Crippen LogP contribution in [-0.4, -0.2) is 27.5 Å². The lowest BCUT2D eigenvalue weighted by Crippen LogP contribution is -2.35. The van der Waals surface area contributed by atoms with Crippen molar-refractivity contribution in [2.45, 2.75) is 31.7 Å². The summed E-state index contributed by atoms with van der Waals surface area (Å²) < 4.78 is 4.84. The zero-order chi connectivity index (χ0) is 14.7. The fraction of sp³-hybridized carbons (Fsp3) is 0.400. The normalized spacial score (nSPS) is 19.3. The summed E-state index contributed by atoms with van der Waals surface area (Å²) in [5.74, 6) is 0.543. The number of likely N-dealkylation sites (tertiary alicyclic amines) is 1. The molecule has 1 saturated heterocycles. The van der Waals surface area contributed by atoms with Crippen LogP contribution in [0.5, 0.6) is 0 Å². The summed E-state index contributed by atoms with van der Waals surface area (Å²) in [5.41, 5.74) is 0.595. The number of nitrogens with zero attached hydrogens (tertiary/aromatic N) is 3. The Bertz CT molecular complexity index is 615. The van der Waals surface area contributed by atoms with Gasteiger partial charge in [0.25, 0.3) is 5.91 Å². The molecule has 0 bridgehead atoms. The Morgan fingerprint density at radius 3 is 3.00 bits per heavy atom. The number of aromatic nitrogens is 2. The number of rotatable bonds is 2. The van der Waals surface area contributed by atoms with E-state index in [9.17, 15) is 4.79 Å². The number of carbonyl (C=O) groups is 1. The van der Waals surface area contributed by atoms with E-state index in [2.05, 4.69) is 10.1 Å². The largest absolute Gasteiger partial charge is 0.343 e. The zero-order valence-electron chi connectivity index (χ0n) is 11.5. The van der Waals surface area contributed by atoms with Crippen LogP contribution in [0.15, 0.2) is 35.2 Å². The van der Waals surface area contributed by atoms with Crippen molar-refractivity contribution in [3.05, 3.63) is 47.1 Å². The lowest BCUT2D eigenvalue weighted by atomic mass is 10.1. The van der Waals surface area contributed by atoms with E-state index in [0.717, 1.165) is 25.7 Å². The van der Waals surface area contributed by atoms with E-state index in [-0.39, 0.29) is 11.9 Å². The Morgan fingerprint density at radius 2 is 2.24 bits per heavy atom. The molecule has 1 aromatic carbocycles. The second-order valence-electron chi connectivity index (χ2n) is 5.16. The molecule has 1 fully saturated rings. The highest BCUT2D eigenvalue weighted by Crippen LogP contribution is 2.29. The highest BCUT2D eigenvalue weighted by molar-refractivity contribution is 6.30. The first kappa shape index (κ1) is 14.1. The van der Waals surface area contributed by atoms with Crippen molar-refractivity contribution in [2.24, 2.45) is 0 Å². The van der Waals surface area contributed by atoms with Crippen LogP contribution < -0.4 is 0 Å². The van der Waals surface area contributed by atoms with E-state index >= 15 is 0 Å². The van der Waals surface area contributed by atoms with E-state index < -0.39 is 0 Å². The highest BCUT2D eigenvalue weighted by atomic mass is 35.5. The third kappa shape index (κ3) is 3.08. The molecule has 3 rings (SSSR count). The predicted octanol–water partition coefficient (Wildman–Crippen LogP) is 3.48. The maximum atomic E-state index is 12.8. The summed E-state index contributed by atoms with van der Waals surface area (Å²) in [6.07, 6.45) is 5.31. The second kappa shape index (κ2) is 6.26. The fourth-order valence-electron chi connectivity index (χ4n) is 2.73. The molecule has 2 heterocycles. The minimum absolute atomic E-state index is 0.0331. The summed E-state index contributed by atoms with van der Waals surface area (Å²) in [4.78, 5) is 18.8. The van der Waals surface area contributed by atoms with Gasteiger partial charge in [0.2, 0.25) is 6.39 Å². The summed E-state index contributed by atoms with van der Waals surface area (Å²) in [5, 5.41) is 4.48. The van der Waals surface area contributed by atoms with Crippen molar-refractivity contribution >= 4 is 17.5 Å². The third-order valence-corrected chi connectivity index (χ3v) is 4.00. The Balaban J connectivity index is 1.90. The number of carbonyl (C=O) groups excluding carboxylic acids is 1. The van der Waals surface area contributed by atoms with Crippen molar-refractivity contribution < 1.29 is 9.32 Å². The monoisotopic (exact) mass is 305 g/mol. The molecule has 1 aromatic heterocycles. The van der Waals surface area contributed by atoms with E-state index in [0.29, 0.717) is 23.0 Å². The predicted molar refractivity (Wildman–Crippen MR) is 78.0 cm³/mol. The van der Waals surface area contributed by atoms with Crippen LogP contribution >= 0.6 is 11.6 Å². The second-order valence-corrected chi connectivity index (χ2v) is 5.60. The van der Waals surface area contributed by atoms with Crippen molar-refractivity contribution in [2.75, 3.05) is 6.54 Å². The maximum Gasteiger partial charge on any atom is 0.254 e. The minimum Gasteiger partial charge on any atom is -0.343 e. The van der Waals surface area contributed by atoms with Crippen LogP contribution in [0.4, 0.5) is 0 Å². The van der Waals surface area contributed by atoms with E-state index in [1.807, 2.05) is 4.90 Å². The molecule has 1 amide bonds. The Morgan fingerprint density at radius 1 is 1.33 bits per heavy atom. The lowest BCUT2D eigenvalue weighted by Gasteiger charge is -2.28. The van der Waals surface area contributed by atoms with Crippen LogP contribution in [0.2, 0.25) is 5.02 Å². The first-order chi connectivity index (χ1) is 10.3. The van der Waals surface area contributed by atoms with Gasteiger partial charge in [0, 0.05) is 17.1 Å². The molecular weight excluding hydrogens is 290 g/mol. The molecule has 1 atom stereocenters. The average molecular weight is 306 g/mol. The molecule has 21 heavy (non-hydrogen) atoms. The van der Waals surface area contributed by atoms with Crippen molar-refractivity contribution in [1.82, 2.24) is 15.0 Å². The van der Waals surface area contributed by atoms with Gasteiger partial charge < -0.3 is 9.42 Å². The third-order valence-electron chi connectivity index (χ3n) is 3.76. The van der Waals surface area contributed by atoms with Gasteiger partial charge in [-0.1, -0.05) is 35.7 Å². The summed E-state index contributed by atoms with van der Waals surface area (Å²) in [7, 11) is 0. The number of benzene rings is 1. The van der Waals surface area contributed by atoms with Gasteiger partial charge in [0.15, 0.2) is 5.82 Å². The Kier molecular flexibility index (Phi) is 4.20. The highest BCUT2D eigenvalue weighted by Gasteiger charge is 2.30. The molecule has 1 unspecified atom stereocenters. The van der Waals surface area contributed by atoms with Gasteiger partial charge in [0.05, 0.1) is 6.04 Å². The summed E-state index contributed by atoms with van der Waals surface area (Å²) >= 11 is 5.99. The first-order valence-corrected chi connectivity index (χ1v) is 7.46. The average Bonchev–Trinajstić information content (AvgIpc) is 2.91. The van der Waals surface area contributed by atoms with Gasteiger partial charge in [-0.2, -0.15) is 4.98 Å².